The minimum absolute atomic E-state index is 0. The van der Waals surface area contributed by atoms with Gasteiger partial charge in [0.1, 0.15) is 6.04 Å². The van der Waals surface area contributed by atoms with Crippen LogP contribution in [0.25, 0.3) is 0 Å². The molecule has 0 saturated carbocycles. The Labute approximate surface area is 159 Å². The van der Waals surface area contributed by atoms with Crippen molar-refractivity contribution >= 4 is 22.1 Å². The van der Waals surface area contributed by atoms with Crippen LogP contribution in [0.2, 0.25) is 0 Å². The van der Waals surface area contributed by atoms with E-state index in [0.29, 0.717) is 4.31 Å². The Morgan fingerprint density at radius 2 is 2.17 bits per heavy atom. The molecule has 3 heterocycles. The molecule has 11 nitrogen and oxygen atoms in total. The predicted octanol–water partition coefficient (Wildman–Crippen LogP) is -5.12. The molecule has 0 radical (unpaired) electrons. The van der Waals surface area contributed by atoms with Gasteiger partial charge in [-0.25, -0.2) is 9.40 Å². The Hall–Kier alpha value is -1.47. The Bertz CT molecular complexity index is 811. The maximum Gasteiger partial charge on any atom is 1.00 e. The van der Waals surface area contributed by atoms with Crippen molar-refractivity contribution in [1.82, 2.24) is 19.4 Å². The van der Waals surface area contributed by atoms with E-state index in [1.807, 2.05) is 0 Å². The number of nitrogens with one attached hydrogen (secondary N) is 1. The van der Waals surface area contributed by atoms with Crippen molar-refractivity contribution in [3.8, 4) is 5.88 Å². The third-order valence-corrected chi connectivity index (χ3v) is 4.65. The summed E-state index contributed by atoms with van der Waals surface area (Å²) in [6.45, 7) is -0.240. The molecule has 0 spiro atoms. The van der Waals surface area contributed by atoms with E-state index in [1.54, 1.807) is 0 Å². The number of hydrogen-bond acceptors (Lipinski definition) is 7. The fourth-order valence-electron chi connectivity index (χ4n) is 2.73. The van der Waals surface area contributed by atoms with Crippen LogP contribution in [0.5, 0.6) is 5.88 Å². The van der Waals surface area contributed by atoms with Gasteiger partial charge < -0.3 is 11.1 Å². The fourth-order valence-corrected chi connectivity index (χ4v) is 3.62. The molecule has 1 aromatic heterocycles. The summed E-state index contributed by atoms with van der Waals surface area (Å²) in [5.41, 5.74) is -0.420. The SMILES string of the molecule is O=C(COc1ccc(=O)[nH]n1)N1CC[C@@H]2[C@H]1C(=O)N2S(=O)(=O)O.[H-].[Na+]. The van der Waals surface area contributed by atoms with Crippen LogP contribution in [0.15, 0.2) is 16.9 Å². The summed E-state index contributed by atoms with van der Waals surface area (Å²) < 4.78 is 36.6. The molecule has 13 heteroatoms. The van der Waals surface area contributed by atoms with Crippen LogP contribution in [-0.2, 0) is 19.9 Å². The van der Waals surface area contributed by atoms with Crippen molar-refractivity contribution in [2.45, 2.75) is 18.5 Å². The number of rotatable bonds is 4. The second-order valence-electron chi connectivity index (χ2n) is 5.05. The quantitative estimate of drug-likeness (QED) is 0.304. The molecule has 3 rings (SSSR count). The van der Waals surface area contributed by atoms with Gasteiger partial charge in [0.25, 0.3) is 17.4 Å². The summed E-state index contributed by atoms with van der Waals surface area (Å²) in [6, 6.07) is 0.815. The van der Waals surface area contributed by atoms with Crippen LogP contribution in [0.4, 0.5) is 0 Å². The minimum atomic E-state index is -4.61. The molecule has 2 saturated heterocycles. The Morgan fingerprint density at radius 1 is 1.46 bits per heavy atom. The topological polar surface area (TPSA) is 150 Å². The molecular weight excluding hydrogens is 355 g/mol. The Balaban J connectivity index is 0.00000156. The van der Waals surface area contributed by atoms with Gasteiger partial charge in [0.15, 0.2) is 6.61 Å². The van der Waals surface area contributed by atoms with Gasteiger partial charge in [-0.2, -0.15) is 8.42 Å². The number of carbonyl (C=O) groups is 2. The van der Waals surface area contributed by atoms with Crippen LogP contribution in [-0.4, -0.2) is 69.4 Å². The molecule has 126 valence electrons. The van der Waals surface area contributed by atoms with Gasteiger partial charge in [-0.15, -0.1) is 5.10 Å². The van der Waals surface area contributed by atoms with E-state index in [9.17, 15) is 22.8 Å². The monoisotopic (exact) mass is 368 g/mol. The van der Waals surface area contributed by atoms with Gasteiger partial charge in [0.2, 0.25) is 5.88 Å². The number of aromatic amines is 1. The number of carbonyl (C=O) groups excluding carboxylic acids is 2. The van der Waals surface area contributed by atoms with Crippen LogP contribution in [0.3, 0.4) is 0 Å². The number of likely N-dealkylation sites (tertiary alicyclic amines) is 1. The summed E-state index contributed by atoms with van der Waals surface area (Å²) in [4.78, 5) is 36.0. The molecule has 2 aliphatic heterocycles. The second kappa shape index (κ2) is 6.80. The molecule has 2 N–H and O–H groups in total. The number of nitrogens with zero attached hydrogens (tertiary/aromatic N) is 3. The van der Waals surface area contributed by atoms with Crippen molar-refractivity contribution in [3.63, 3.8) is 0 Å². The fraction of sp³-hybridized carbons (Fsp3) is 0.455. The Kier molecular flexibility index (Phi) is 5.34. The smallest absolute Gasteiger partial charge is 1.00 e. The van der Waals surface area contributed by atoms with Crippen molar-refractivity contribution < 1.29 is 58.3 Å². The van der Waals surface area contributed by atoms with Crippen molar-refractivity contribution in [2.75, 3.05) is 13.2 Å². The average molecular weight is 368 g/mol. The maximum absolute atomic E-state index is 12.1. The average Bonchev–Trinajstić information content (AvgIpc) is 2.83. The normalized spacial score (nSPS) is 22.5. The standard InChI is InChI=1S/C11H12N4O7S.Na.H/c16-7-1-2-8(13-12-7)22-5-9(17)14-4-3-6-10(14)11(18)15(6)23(19,20)21;;/h1-2,6,10H,3-5H2,(H,12,16)(H,19,20,21);;/q;+1;-1/t6-,10+;;/m1../s1. The van der Waals surface area contributed by atoms with Gasteiger partial charge in [-0.1, -0.05) is 0 Å². The first-order chi connectivity index (χ1) is 10.8. The maximum atomic E-state index is 12.1. The molecule has 0 aliphatic carbocycles. The number of β-lactam (4-membered cyclic amide) rings is 1. The molecule has 2 fully saturated rings. The zero-order valence-electron chi connectivity index (χ0n) is 13.6. The Morgan fingerprint density at radius 3 is 2.75 bits per heavy atom. The van der Waals surface area contributed by atoms with Gasteiger partial charge in [0, 0.05) is 18.7 Å². The summed E-state index contributed by atoms with van der Waals surface area (Å²) in [6.07, 6.45) is 0.249. The number of H-pyrrole nitrogens is 1. The van der Waals surface area contributed by atoms with Gasteiger partial charge in [0.05, 0.1) is 6.04 Å². The van der Waals surface area contributed by atoms with Crippen LogP contribution >= 0.6 is 0 Å². The van der Waals surface area contributed by atoms with Gasteiger partial charge >= 0.3 is 39.9 Å². The van der Waals surface area contributed by atoms with Crippen molar-refractivity contribution in [2.24, 2.45) is 0 Å². The molecule has 24 heavy (non-hydrogen) atoms. The molecule has 2 aliphatic rings. The third kappa shape index (κ3) is 3.32. The van der Waals surface area contributed by atoms with Crippen molar-refractivity contribution in [1.29, 1.82) is 0 Å². The van der Waals surface area contributed by atoms with Crippen molar-refractivity contribution in [3.05, 3.63) is 22.5 Å². The molecule has 0 unspecified atom stereocenters. The molecule has 1 aromatic rings. The summed E-state index contributed by atoms with van der Waals surface area (Å²) in [5, 5.41) is 5.71. The molecule has 2 amide bonds. The summed E-state index contributed by atoms with van der Waals surface area (Å²) in [7, 11) is -4.61. The third-order valence-electron chi connectivity index (χ3n) is 3.70. The summed E-state index contributed by atoms with van der Waals surface area (Å²) >= 11 is 0. The zero-order chi connectivity index (χ0) is 16.8. The van der Waals surface area contributed by atoms with E-state index < -0.39 is 46.4 Å². The molecule has 0 bridgehead atoms. The van der Waals surface area contributed by atoms with Gasteiger partial charge in [-0.3, -0.25) is 18.9 Å². The van der Waals surface area contributed by atoms with E-state index >= 15 is 0 Å². The first-order valence-electron chi connectivity index (χ1n) is 6.58. The van der Waals surface area contributed by atoms with E-state index in [-0.39, 0.29) is 49.8 Å². The minimum Gasteiger partial charge on any atom is -1.00 e. The predicted molar refractivity (Wildman–Crippen MR) is 73.8 cm³/mol. The van der Waals surface area contributed by atoms with E-state index in [0.717, 1.165) is 0 Å². The number of amides is 2. The zero-order valence-corrected chi connectivity index (χ0v) is 15.4. The number of ether oxygens (including phenoxy) is 1. The number of hydrogen-bond donors (Lipinski definition) is 2. The largest absolute Gasteiger partial charge is 1.00 e. The number of fused-ring (bicyclic) bond motifs is 1. The van der Waals surface area contributed by atoms with Gasteiger partial charge in [-0.05, 0) is 6.42 Å². The molecule has 0 aromatic carbocycles. The van der Waals surface area contributed by atoms with E-state index in [1.165, 1.54) is 17.0 Å². The van der Waals surface area contributed by atoms with Crippen LogP contribution < -0.4 is 39.9 Å². The van der Waals surface area contributed by atoms with Crippen LogP contribution in [0.1, 0.15) is 7.85 Å². The first kappa shape index (κ1) is 18.9. The molecule has 2 atom stereocenters. The van der Waals surface area contributed by atoms with Crippen LogP contribution in [0, 0.1) is 0 Å². The molecular formula is C11H13N4NaO7S. The van der Waals surface area contributed by atoms with E-state index in [4.69, 9.17) is 9.29 Å². The van der Waals surface area contributed by atoms with E-state index in [2.05, 4.69) is 10.2 Å². The summed E-state index contributed by atoms with van der Waals surface area (Å²) in [5.74, 6) is -1.33. The number of aromatic nitrogens is 2. The second-order valence-corrected chi connectivity index (χ2v) is 6.34. The first-order valence-corrected chi connectivity index (χ1v) is 7.97.